The minimum atomic E-state index is -1.05. The van der Waals surface area contributed by atoms with Crippen molar-refractivity contribution >= 4 is 5.97 Å². The molecule has 1 atom stereocenters. The average Bonchev–Trinajstić information content (AvgIpc) is 2.15. The van der Waals surface area contributed by atoms with Gasteiger partial charge in [-0.2, -0.15) is 0 Å². The van der Waals surface area contributed by atoms with E-state index in [1.807, 2.05) is 0 Å². The third kappa shape index (κ3) is 2.51. The first-order valence-corrected chi connectivity index (χ1v) is 3.95. The maximum absolute atomic E-state index is 12.5. The van der Waals surface area contributed by atoms with Gasteiger partial charge in [0.1, 0.15) is 11.7 Å². The molecule has 3 N–H and O–H groups in total. The second kappa shape index (κ2) is 4.69. The van der Waals surface area contributed by atoms with E-state index >= 15 is 0 Å². The Bertz CT molecular complexity index is 312. The van der Waals surface area contributed by atoms with Crippen molar-refractivity contribution in [3.63, 3.8) is 0 Å². The Kier molecular flexibility index (Phi) is 3.55. The smallest absolute Gasteiger partial charge is 0.313 e. The van der Waals surface area contributed by atoms with Gasteiger partial charge in [-0.1, -0.05) is 12.1 Å². The molecule has 0 aliphatic carbocycles. The zero-order chi connectivity index (χ0) is 10.6. The van der Waals surface area contributed by atoms with Crippen LogP contribution in [0.25, 0.3) is 0 Å². The van der Waals surface area contributed by atoms with Gasteiger partial charge < -0.3 is 9.94 Å². The van der Waals surface area contributed by atoms with Crippen LogP contribution >= 0.6 is 0 Å². The van der Waals surface area contributed by atoms with E-state index in [1.54, 1.807) is 0 Å². The second-order valence-electron chi connectivity index (χ2n) is 2.78. The molecule has 1 aromatic rings. The fourth-order valence-electron chi connectivity index (χ4n) is 1.10. The zero-order valence-corrected chi connectivity index (χ0v) is 7.31. The highest BCUT2D eigenvalue weighted by atomic mass is 19.1. The Morgan fingerprint density at radius 3 is 2.50 bits per heavy atom. The van der Waals surface area contributed by atoms with Crippen LogP contribution in [0.4, 0.5) is 4.39 Å². The van der Waals surface area contributed by atoms with Crippen molar-refractivity contribution in [3.8, 4) is 0 Å². The van der Waals surface area contributed by atoms with Gasteiger partial charge in [-0.05, 0) is 17.7 Å². The van der Waals surface area contributed by atoms with Gasteiger partial charge in [0.05, 0.1) is 6.61 Å². The van der Waals surface area contributed by atoms with Crippen LogP contribution in [0.15, 0.2) is 24.3 Å². The lowest BCUT2D eigenvalue weighted by Crippen LogP contribution is -2.19. The number of carbonyl (C=O) groups is 1. The molecule has 0 saturated carbocycles. The van der Waals surface area contributed by atoms with Crippen LogP contribution < -0.4 is 5.90 Å². The predicted octanol–water partition coefficient (Wildman–Crippen LogP) is 0.884. The van der Waals surface area contributed by atoms with Crippen LogP contribution in [-0.2, 0) is 9.63 Å². The molecule has 0 radical (unpaired) electrons. The number of aliphatic carboxylic acids is 1. The van der Waals surface area contributed by atoms with Crippen LogP contribution in [0.3, 0.4) is 0 Å². The van der Waals surface area contributed by atoms with Crippen molar-refractivity contribution in [1.29, 1.82) is 0 Å². The number of carboxylic acid groups (broad SMARTS) is 1. The molecule has 1 aromatic carbocycles. The van der Waals surface area contributed by atoms with E-state index in [4.69, 9.17) is 11.0 Å². The van der Waals surface area contributed by atoms with E-state index in [-0.39, 0.29) is 6.61 Å². The molecule has 0 aromatic heterocycles. The summed E-state index contributed by atoms with van der Waals surface area (Å²) in [5, 5.41) is 8.80. The fraction of sp³-hybridized carbons (Fsp3) is 0.222. The first kappa shape index (κ1) is 10.6. The number of hydrogen-bond acceptors (Lipinski definition) is 3. The molecule has 0 saturated heterocycles. The molecule has 5 heteroatoms. The summed E-state index contributed by atoms with van der Waals surface area (Å²) in [7, 11) is 0. The minimum absolute atomic E-state index is 0.138. The van der Waals surface area contributed by atoms with Crippen LogP contribution in [-0.4, -0.2) is 17.7 Å². The molecule has 4 nitrogen and oxygen atoms in total. The second-order valence-corrected chi connectivity index (χ2v) is 2.78. The van der Waals surface area contributed by atoms with E-state index in [9.17, 15) is 9.18 Å². The Labute approximate surface area is 80.1 Å². The molecule has 1 unspecified atom stereocenters. The molecular formula is C9H10FNO3. The van der Waals surface area contributed by atoms with Gasteiger partial charge in [0, 0.05) is 0 Å². The maximum Gasteiger partial charge on any atom is 0.313 e. The van der Waals surface area contributed by atoms with Crippen molar-refractivity contribution in [2.45, 2.75) is 5.92 Å². The summed E-state index contributed by atoms with van der Waals surface area (Å²) in [6.07, 6.45) is 0. The highest BCUT2D eigenvalue weighted by Gasteiger charge is 2.19. The van der Waals surface area contributed by atoms with Crippen LogP contribution in [0.5, 0.6) is 0 Å². The number of hydrogen-bond donors (Lipinski definition) is 2. The summed E-state index contributed by atoms with van der Waals surface area (Å²) in [5.41, 5.74) is 0.462. The van der Waals surface area contributed by atoms with Gasteiger partial charge in [-0.15, -0.1) is 0 Å². The minimum Gasteiger partial charge on any atom is -0.481 e. The van der Waals surface area contributed by atoms with Gasteiger partial charge in [-0.25, -0.2) is 10.3 Å². The van der Waals surface area contributed by atoms with Gasteiger partial charge in [0.15, 0.2) is 0 Å². The number of nitrogens with two attached hydrogens (primary N) is 1. The summed E-state index contributed by atoms with van der Waals surface area (Å²) in [5.74, 6) is 2.47. The lowest BCUT2D eigenvalue weighted by Gasteiger charge is -2.10. The van der Waals surface area contributed by atoms with Crippen LogP contribution in [0, 0.1) is 5.82 Å². The lowest BCUT2D eigenvalue weighted by molar-refractivity contribution is -0.140. The summed E-state index contributed by atoms with van der Waals surface area (Å²) >= 11 is 0. The average molecular weight is 199 g/mol. The van der Waals surface area contributed by atoms with Crippen LogP contribution in [0.2, 0.25) is 0 Å². The maximum atomic E-state index is 12.5. The van der Waals surface area contributed by atoms with E-state index in [1.165, 1.54) is 24.3 Å². The molecule has 0 bridgehead atoms. The SMILES string of the molecule is NOCC(C(=O)O)c1ccc(F)cc1. The normalized spacial score (nSPS) is 12.4. The highest BCUT2D eigenvalue weighted by Crippen LogP contribution is 2.16. The van der Waals surface area contributed by atoms with E-state index in [0.717, 1.165) is 0 Å². The standard InChI is InChI=1S/C9H10FNO3/c10-7-3-1-6(2-4-7)8(5-14-11)9(12)13/h1-4,8H,5,11H2,(H,12,13). The molecule has 0 fully saturated rings. The molecular weight excluding hydrogens is 189 g/mol. The van der Waals surface area contributed by atoms with Crippen molar-refractivity contribution in [1.82, 2.24) is 0 Å². The predicted molar refractivity (Wildman–Crippen MR) is 46.9 cm³/mol. The Balaban J connectivity index is 2.87. The summed E-state index contributed by atoms with van der Waals surface area (Å²) in [4.78, 5) is 15.0. The fourth-order valence-corrected chi connectivity index (χ4v) is 1.10. The van der Waals surface area contributed by atoms with Crippen LogP contribution in [0.1, 0.15) is 11.5 Å². The number of benzene rings is 1. The molecule has 14 heavy (non-hydrogen) atoms. The summed E-state index contributed by atoms with van der Waals surface area (Å²) < 4.78 is 12.5. The Hall–Kier alpha value is -1.46. The Morgan fingerprint density at radius 1 is 1.50 bits per heavy atom. The molecule has 0 heterocycles. The number of halogens is 1. The summed E-state index contributed by atoms with van der Waals surface area (Å²) in [6.45, 7) is -0.138. The molecule has 0 spiro atoms. The molecule has 1 rings (SSSR count). The lowest BCUT2D eigenvalue weighted by atomic mass is 10.0. The van der Waals surface area contributed by atoms with Gasteiger partial charge in [0.2, 0.25) is 0 Å². The number of carboxylic acids is 1. The third-order valence-electron chi connectivity index (χ3n) is 1.83. The van der Waals surface area contributed by atoms with Gasteiger partial charge in [0.25, 0.3) is 0 Å². The zero-order valence-electron chi connectivity index (χ0n) is 7.31. The first-order valence-electron chi connectivity index (χ1n) is 3.95. The van der Waals surface area contributed by atoms with E-state index in [2.05, 4.69) is 4.84 Å². The molecule has 0 aliphatic heterocycles. The largest absolute Gasteiger partial charge is 0.481 e. The molecule has 76 valence electrons. The first-order chi connectivity index (χ1) is 6.65. The molecule has 0 amide bonds. The monoisotopic (exact) mass is 199 g/mol. The molecule has 0 aliphatic rings. The number of rotatable bonds is 4. The highest BCUT2D eigenvalue weighted by molar-refractivity contribution is 5.76. The van der Waals surface area contributed by atoms with Gasteiger partial charge in [-0.3, -0.25) is 4.79 Å². The van der Waals surface area contributed by atoms with Crippen molar-refractivity contribution in [2.75, 3.05) is 6.61 Å². The topological polar surface area (TPSA) is 72.5 Å². The van der Waals surface area contributed by atoms with E-state index in [0.29, 0.717) is 5.56 Å². The third-order valence-corrected chi connectivity index (χ3v) is 1.83. The van der Waals surface area contributed by atoms with E-state index < -0.39 is 17.7 Å². The van der Waals surface area contributed by atoms with Crippen molar-refractivity contribution in [3.05, 3.63) is 35.6 Å². The quantitative estimate of drug-likeness (QED) is 0.706. The van der Waals surface area contributed by atoms with Crippen molar-refractivity contribution in [2.24, 2.45) is 5.90 Å². The Morgan fingerprint density at radius 2 is 2.07 bits per heavy atom. The summed E-state index contributed by atoms with van der Waals surface area (Å²) in [6, 6.07) is 5.18. The van der Waals surface area contributed by atoms with Crippen molar-refractivity contribution < 1.29 is 19.1 Å². The van der Waals surface area contributed by atoms with Gasteiger partial charge >= 0.3 is 5.97 Å².